The Bertz CT molecular complexity index is 719. The molecule has 0 fully saturated rings. The topological polar surface area (TPSA) is 71.3 Å². The zero-order chi connectivity index (χ0) is 16.1. The Kier molecular flexibility index (Phi) is 5.33. The first kappa shape index (κ1) is 16.2. The quantitative estimate of drug-likeness (QED) is 0.636. The summed E-state index contributed by atoms with van der Waals surface area (Å²) < 4.78 is 5.17. The lowest BCUT2D eigenvalue weighted by molar-refractivity contribution is -0.115. The summed E-state index contributed by atoms with van der Waals surface area (Å²) in [6.07, 6.45) is 1.04. The number of benzene rings is 1. The first-order chi connectivity index (χ1) is 10.5. The van der Waals surface area contributed by atoms with E-state index in [4.69, 9.17) is 4.42 Å². The number of amides is 1. The van der Waals surface area contributed by atoms with Gasteiger partial charge in [-0.15, -0.1) is 0 Å². The van der Waals surface area contributed by atoms with Crippen LogP contribution in [-0.2, 0) is 4.79 Å². The van der Waals surface area contributed by atoms with Gasteiger partial charge in [-0.05, 0) is 43.5 Å². The molecule has 1 aromatic heterocycles. The molecule has 2 aromatic rings. The molecule has 0 unspecified atom stereocenters. The number of aryl methyl sites for hydroxylation is 1. The van der Waals surface area contributed by atoms with E-state index in [2.05, 4.69) is 24.5 Å². The number of fused-ring (bicyclic) bond motifs is 1. The van der Waals surface area contributed by atoms with Gasteiger partial charge in [0.1, 0.15) is 5.58 Å². The number of hydrogen-bond acceptors (Lipinski definition) is 4. The highest BCUT2D eigenvalue weighted by Gasteiger charge is 2.06. The molecule has 0 aliphatic carbocycles. The van der Waals surface area contributed by atoms with Gasteiger partial charge in [0.05, 0.1) is 6.54 Å². The molecule has 0 aliphatic rings. The average Bonchev–Trinajstić information content (AvgIpc) is 2.42. The summed E-state index contributed by atoms with van der Waals surface area (Å²) in [5.41, 5.74) is 1.58. The lowest BCUT2D eigenvalue weighted by Gasteiger charge is -2.09. The van der Waals surface area contributed by atoms with Crippen molar-refractivity contribution in [3.63, 3.8) is 0 Å². The Balaban J connectivity index is 1.99. The lowest BCUT2D eigenvalue weighted by atomic mass is 10.1. The predicted molar refractivity (Wildman–Crippen MR) is 88.2 cm³/mol. The van der Waals surface area contributed by atoms with Crippen LogP contribution in [0.4, 0.5) is 5.69 Å². The average molecular weight is 302 g/mol. The number of carbonyl (C=O) groups is 1. The monoisotopic (exact) mass is 302 g/mol. The molecule has 0 saturated carbocycles. The molecule has 1 amide bonds. The molecule has 2 rings (SSSR count). The first-order valence-corrected chi connectivity index (χ1v) is 7.51. The second-order valence-corrected chi connectivity index (χ2v) is 5.87. The molecule has 1 aromatic carbocycles. The zero-order valence-corrected chi connectivity index (χ0v) is 13.2. The van der Waals surface area contributed by atoms with Crippen LogP contribution in [0.15, 0.2) is 33.5 Å². The van der Waals surface area contributed by atoms with E-state index in [9.17, 15) is 9.59 Å². The van der Waals surface area contributed by atoms with Crippen molar-refractivity contribution < 1.29 is 9.21 Å². The van der Waals surface area contributed by atoms with Gasteiger partial charge in [-0.1, -0.05) is 13.8 Å². The maximum absolute atomic E-state index is 11.9. The molecular weight excluding hydrogens is 280 g/mol. The number of anilines is 1. The molecule has 1 heterocycles. The second-order valence-electron chi connectivity index (χ2n) is 5.87. The fourth-order valence-electron chi connectivity index (χ4n) is 2.20. The van der Waals surface area contributed by atoms with Crippen molar-refractivity contribution in [1.82, 2.24) is 5.32 Å². The fourth-order valence-corrected chi connectivity index (χ4v) is 2.20. The minimum atomic E-state index is -0.385. The Morgan fingerprint density at radius 3 is 2.77 bits per heavy atom. The normalized spacial score (nSPS) is 11.1. The first-order valence-electron chi connectivity index (χ1n) is 7.51. The number of nitrogens with one attached hydrogen (secondary N) is 2. The van der Waals surface area contributed by atoms with Crippen LogP contribution >= 0.6 is 0 Å². The predicted octanol–water partition coefficient (Wildman–Crippen LogP) is 2.68. The second kappa shape index (κ2) is 7.22. The molecule has 0 radical (unpaired) electrons. The van der Waals surface area contributed by atoms with Gasteiger partial charge in [0.2, 0.25) is 5.91 Å². The van der Waals surface area contributed by atoms with Crippen LogP contribution in [0, 0.1) is 12.8 Å². The lowest BCUT2D eigenvalue weighted by Crippen LogP contribution is -2.29. The van der Waals surface area contributed by atoms with Crippen LogP contribution in [0.5, 0.6) is 0 Å². The maximum atomic E-state index is 11.9. The molecular formula is C17H22N2O3. The van der Waals surface area contributed by atoms with Gasteiger partial charge in [0.25, 0.3) is 0 Å². The Labute approximate surface area is 129 Å². The van der Waals surface area contributed by atoms with Crippen molar-refractivity contribution in [2.75, 3.05) is 18.4 Å². The van der Waals surface area contributed by atoms with E-state index in [0.29, 0.717) is 17.2 Å². The van der Waals surface area contributed by atoms with Gasteiger partial charge in [-0.2, -0.15) is 0 Å². The maximum Gasteiger partial charge on any atom is 0.336 e. The standard InChI is InChI=1S/C17H22N2O3/c1-11(2)6-7-18-10-16(20)19-13-4-5-14-12(3)8-17(21)22-15(14)9-13/h4-5,8-9,11,18H,6-7,10H2,1-3H3,(H,19,20). The minimum Gasteiger partial charge on any atom is -0.423 e. The van der Waals surface area contributed by atoms with Crippen molar-refractivity contribution in [3.8, 4) is 0 Å². The minimum absolute atomic E-state index is 0.113. The molecule has 2 N–H and O–H groups in total. The van der Waals surface area contributed by atoms with Crippen LogP contribution in [-0.4, -0.2) is 19.0 Å². The van der Waals surface area contributed by atoms with Gasteiger partial charge < -0.3 is 15.1 Å². The number of hydrogen-bond donors (Lipinski definition) is 2. The number of rotatable bonds is 6. The van der Waals surface area contributed by atoms with Crippen molar-refractivity contribution in [2.24, 2.45) is 5.92 Å². The van der Waals surface area contributed by atoms with E-state index in [1.54, 1.807) is 12.1 Å². The van der Waals surface area contributed by atoms with E-state index in [-0.39, 0.29) is 18.1 Å². The summed E-state index contributed by atoms with van der Waals surface area (Å²) in [5.74, 6) is 0.500. The Morgan fingerprint density at radius 2 is 2.05 bits per heavy atom. The van der Waals surface area contributed by atoms with E-state index >= 15 is 0 Å². The van der Waals surface area contributed by atoms with Crippen molar-refractivity contribution in [1.29, 1.82) is 0 Å². The summed E-state index contributed by atoms with van der Waals surface area (Å²) >= 11 is 0. The summed E-state index contributed by atoms with van der Waals surface area (Å²) in [6.45, 7) is 7.23. The van der Waals surface area contributed by atoms with Gasteiger partial charge in [-0.25, -0.2) is 4.79 Å². The Morgan fingerprint density at radius 1 is 1.27 bits per heavy atom. The van der Waals surface area contributed by atoms with Crippen molar-refractivity contribution in [2.45, 2.75) is 27.2 Å². The zero-order valence-electron chi connectivity index (χ0n) is 13.2. The third-order valence-corrected chi connectivity index (χ3v) is 3.42. The number of carbonyl (C=O) groups excluding carboxylic acids is 1. The fraction of sp³-hybridized carbons (Fsp3) is 0.412. The van der Waals surface area contributed by atoms with Gasteiger partial charge in [0.15, 0.2) is 0 Å². The third-order valence-electron chi connectivity index (χ3n) is 3.42. The molecule has 5 heteroatoms. The summed E-state index contributed by atoms with van der Waals surface area (Å²) in [6, 6.07) is 6.78. The summed E-state index contributed by atoms with van der Waals surface area (Å²) in [7, 11) is 0. The van der Waals surface area contributed by atoms with Crippen molar-refractivity contribution in [3.05, 3.63) is 40.2 Å². The van der Waals surface area contributed by atoms with Crippen LogP contribution < -0.4 is 16.3 Å². The summed E-state index contributed by atoms with van der Waals surface area (Å²) in [5, 5.41) is 6.77. The van der Waals surface area contributed by atoms with Crippen LogP contribution in [0.2, 0.25) is 0 Å². The van der Waals surface area contributed by atoms with E-state index < -0.39 is 0 Å². The van der Waals surface area contributed by atoms with Gasteiger partial charge in [-0.3, -0.25) is 4.79 Å². The van der Waals surface area contributed by atoms with Gasteiger partial charge in [0, 0.05) is 23.2 Å². The van der Waals surface area contributed by atoms with Crippen LogP contribution in [0.3, 0.4) is 0 Å². The van der Waals surface area contributed by atoms with E-state index in [0.717, 1.165) is 23.9 Å². The van der Waals surface area contributed by atoms with Crippen molar-refractivity contribution >= 4 is 22.6 Å². The molecule has 22 heavy (non-hydrogen) atoms. The smallest absolute Gasteiger partial charge is 0.336 e. The van der Waals surface area contributed by atoms with Crippen LogP contribution in [0.1, 0.15) is 25.8 Å². The molecule has 0 bridgehead atoms. The highest BCUT2D eigenvalue weighted by Crippen LogP contribution is 2.20. The Hall–Kier alpha value is -2.14. The largest absolute Gasteiger partial charge is 0.423 e. The third kappa shape index (κ3) is 4.43. The molecule has 0 atom stereocenters. The van der Waals surface area contributed by atoms with E-state index in [1.165, 1.54) is 6.07 Å². The van der Waals surface area contributed by atoms with Gasteiger partial charge >= 0.3 is 5.63 Å². The molecule has 0 aliphatic heterocycles. The molecule has 118 valence electrons. The van der Waals surface area contributed by atoms with E-state index in [1.807, 2.05) is 13.0 Å². The molecule has 5 nitrogen and oxygen atoms in total. The molecule has 0 saturated heterocycles. The highest BCUT2D eigenvalue weighted by atomic mass is 16.4. The molecule has 0 spiro atoms. The summed E-state index contributed by atoms with van der Waals surface area (Å²) in [4.78, 5) is 23.3. The SMILES string of the molecule is Cc1cc(=O)oc2cc(NC(=O)CNCCC(C)C)ccc12. The highest BCUT2D eigenvalue weighted by molar-refractivity contribution is 5.94. The van der Waals surface area contributed by atoms with Crippen LogP contribution in [0.25, 0.3) is 11.0 Å².